The lowest BCUT2D eigenvalue weighted by Crippen LogP contribution is -2.49. The highest BCUT2D eigenvalue weighted by atomic mass is 28.4. The van der Waals surface area contributed by atoms with Crippen LogP contribution in [-0.4, -0.2) is 63.2 Å². The van der Waals surface area contributed by atoms with Gasteiger partial charge in [0, 0.05) is 0 Å². The highest BCUT2D eigenvalue weighted by Gasteiger charge is 2.50. The van der Waals surface area contributed by atoms with Crippen LogP contribution < -0.4 is 5.56 Å². The van der Waals surface area contributed by atoms with Crippen molar-refractivity contribution in [1.82, 2.24) is 19.7 Å². The van der Waals surface area contributed by atoms with Crippen molar-refractivity contribution in [2.45, 2.75) is 63.4 Å². The van der Waals surface area contributed by atoms with Crippen LogP contribution in [-0.2, 0) is 9.16 Å². The Balaban J connectivity index is 1.94. The summed E-state index contributed by atoms with van der Waals surface area (Å²) >= 11 is 0. The summed E-state index contributed by atoms with van der Waals surface area (Å²) in [5.74, 6) is 0. The third-order valence-corrected chi connectivity index (χ3v) is 9.84. The number of aromatic amines is 1. The average molecular weight is 382 g/mol. The van der Waals surface area contributed by atoms with Gasteiger partial charge in [0.1, 0.15) is 23.7 Å². The van der Waals surface area contributed by atoms with E-state index in [0.717, 1.165) is 0 Å². The molecule has 0 aliphatic carbocycles. The zero-order chi connectivity index (χ0) is 19.3. The van der Waals surface area contributed by atoms with Crippen LogP contribution in [0.2, 0.25) is 18.1 Å². The van der Waals surface area contributed by atoms with E-state index in [0.29, 0.717) is 11.0 Å². The summed E-state index contributed by atoms with van der Waals surface area (Å²) in [6.45, 7) is 10.2. The second-order valence-electron chi connectivity index (χ2n) is 8.14. The lowest BCUT2D eigenvalue weighted by atomic mass is 10.1. The molecule has 10 heteroatoms. The van der Waals surface area contributed by atoms with E-state index in [4.69, 9.17) is 9.16 Å². The molecule has 0 amide bonds. The minimum absolute atomic E-state index is 0.0575. The number of nitrogens with zero attached hydrogens (tertiary/aromatic N) is 3. The molecule has 1 fully saturated rings. The van der Waals surface area contributed by atoms with E-state index in [1.807, 2.05) is 0 Å². The number of hydrogen-bond donors (Lipinski definition) is 3. The Hall–Kier alpha value is -1.59. The van der Waals surface area contributed by atoms with Crippen molar-refractivity contribution in [2.75, 3.05) is 6.61 Å². The Morgan fingerprint density at radius 2 is 2.12 bits per heavy atom. The van der Waals surface area contributed by atoms with Crippen LogP contribution in [0.4, 0.5) is 0 Å². The normalized spacial score (nSPS) is 27.3. The zero-order valence-corrected chi connectivity index (χ0v) is 16.6. The second kappa shape index (κ2) is 6.53. The van der Waals surface area contributed by atoms with Crippen molar-refractivity contribution in [1.29, 1.82) is 0 Å². The summed E-state index contributed by atoms with van der Waals surface area (Å²) in [5, 5.41) is 25.0. The van der Waals surface area contributed by atoms with Crippen LogP contribution in [0.1, 0.15) is 27.0 Å². The minimum Gasteiger partial charge on any atom is -0.408 e. The van der Waals surface area contributed by atoms with E-state index in [1.165, 1.54) is 17.2 Å². The van der Waals surface area contributed by atoms with Crippen LogP contribution >= 0.6 is 0 Å². The van der Waals surface area contributed by atoms with Crippen LogP contribution in [0.3, 0.4) is 0 Å². The third-order valence-electron chi connectivity index (χ3n) is 5.36. The number of fused-ring (bicyclic) bond motifs is 1. The molecule has 0 unspecified atom stereocenters. The van der Waals surface area contributed by atoms with Crippen LogP contribution in [0.25, 0.3) is 11.0 Å². The monoisotopic (exact) mass is 382 g/mol. The zero-order valence-electron chi connectivity index (χ0n) is 15.6. The first-order valence-corrected chi connectivity index (χ1v) is 11.5. The molecule has 26 heavy (non-hydrogen) atoms. The van der Waals surface area contributed by atoms with Gasteiger partial charge in [0.15, 0.2) is 20.2 Å². The molecule has 0 bridgehead atoms. The molecule has 0 aromatic carbocycles. The predicted molar refractivity (Wildman–Crippen MR) is 97.2 cm³/mol. The number of aromatic nitrogens is 4. The summed E-state index contributed by atoms with van der Waals surface area (Å²) in [6.07, 6.45) is -0.665. The molecule has 3 N–H and O–H groups in total. The fourth-order valence-electron chi connectivity index (χ4n) is 2.79. The van der Waals surface area contributed by atoms with Crippen molar-refractivity contribution >= 4 is 19.4 Å². The van der Waals surface area contributed by atoms with Gasteiger partial charge in [0.2, 0.25) is 0 Å². The summed E-state index contributed by atoms with van der Waals surface area (Å²) in [5.41, 5.74) is -0.0102. The molecule has 0 radical (unpaired) electrons. The first kappa shape index (κ1) is 19.2. The van der Waals surface area contributed by atoms with Crippen molar-refractivity contribution in [3.63, 3.8) is 0 Å². The van der Waals surface area contributed by atoms with E-state index < -0.39 is 32.9 Å². The van der Waals surface area contributed by atoms with Gasteiger partial charge in [-0.1, -0.05) is 20.8 Å². The van der Waals surface area contributed by atoms with Crippen LogP contribution in [0.5, 0.6) is 0 Å². The molecule has 2 aromatic rings. The largest absolute Gasteiger partial charge is 0.408 e. The molecule has 0 saturated carbocycles. The Kier molecular flexibility index (Phi) is 4.82. The molecule has 3 heterocycles. The molecular weight excluding hydrogens is 356 g/mol. The second-order valence-corrected chi connectivity index (χ2v) is 12.9. The van der Waals surface area contributed by atoms with Gasteiger partial charge in [0.25, 0.3) is 5.56 Å². The van der Waals surface area contributed by atoms with E-state index in [-0.39, 0.29) is 17.2 Å². The Labute approximate surface area is 152 Å². The maximum atomic E-state index is 11.9. The number of nitrogens with one attached hydrogen (secondary N) is 1. The van der Waals surface area contributed by atoms with E-state index in [9.17, 15) is 15.0 Å². The maximum Gasteiger partial charge on any atom is 0.261 e. The van der Waals surface area contributed by atoms with Crippen molar-refractivity contribution in [3.05, 3.63) is 22.9 Å². The molecule has 3 rings (SSSR count). The molecular formula is C16H26N4O5Si. The minimum atomic E-state index is -2.20. The van der Waals surface area contributed by atoms with Crippen molar-refractivity contribution in [3.8, 4) is 0 Å². The molecule has 1 aliphatic rings. The third kappa shape index (κ3) is 3.12. The van der Waals surface area contributed by atoms with Gasteiger partial charge >= 0.3 is 0 Å². The lowest BCUT2D eigenvalue weighted by molar-refractivity contribution is -0.0563. The van der Waals surface area contributed by atoms with Gasteiger partial charge in [0.05, 0.1) is 19.1 Å². The van der Waals surface area contributed by atoms with Crippen molar-refractivity contribution in [2.24, 2.45) is 0 Å². The fraction of sp³-hybridized carbons (Fsp3) is 0.688. The Bertz CT molecular complexity index is 843. The molecule has 1 saturated heterocycles. The smallest absolute Gasteiger partial charge is 0.261 e. The Morgan fingerprint density at radius 1 is 1.42 bits per heavy atom. The van der Waals surface area contributed by atoms with Gasteiger partial charge in [-0.3, -0.25) is 4.79 Å². The number of ether oxygens (including phenoxy) is 1. The van der Waals surface area contributed by atoms with Crippen molar-refractivity contribution < 1.29 is 19.4 Å². The van der Waals surface area contributed by atoms with Gasteiger partial charge in [-0.25, -0.2) is 9.67 Å². The standard InChI is InChI=1S/C16H26N4O5Si/c1-16(2,3)26(4,5)25-12-10(7-21)24-15(11(12)22)20-13-9(6-19-20)14(23)18-8-17-13/h6,8,10-12,15,21-22H,7H2,1-5H3,(H,17,18,23)/t10-,11-,12-,15-/m1/s1. The van der Waals surface area contributed by atoms with Crippen LogP contribution in [0.15, 0.2) is 17.3 Å². The topological polar surface area (TPSA) is 122 Å². The first-order chi connectivity index (χ1) is 12.1. The summed E-state index contributed by atoms with van der Waals surface area (Å²) in [4.78, 5) is 18.5. The molecule has 9 nitrogen and oxygen atoms in total. The lowest BCUT2D eigenvalue weighted by Gasteiger charge is -2.39. The Morgan fingerprint density at radius 3 is 2.73 bits per heavy atom. The van der Waals surface area contributed by atoms with Crippen LogP contribution in [0, 0.1) is 0 Å². The number of H-pyrrole nitrogens is 1. The number of hydrogen-bond acceptors (Lipinski definition) is 7. The molecule has 2 aromatic heterocycles. The summed E-state index contributed by atoms with van der Waals surface area (Å²) in [6, 6.07) is 0. The molecule has 4 atom stereocenters. The maximum absolute atomic E-state index is 11.9. The highest BCUT2D eigenvalue weighted by Crippen LogP contribution is 2.41. The highest BCUT2D eigenvalue weighted by molar-refractivity contribution is 6.74. The van der Waals surface area contributed by atoms with Gasteiger partial charge in [-0.05, 0) is 18.1 Å². The SMILES string of the molecule is CC(C)(C)[Si](C)(C)O[C@H]1[C@@H](O)[C@H](n2ncc3c(=O)[nH]cnc32)O[C@@H]1CO. The van der Waals surface area contributed by atoms with Gasteiger partial charge in [-0.2, -0.15) is 5.10 Å². The quantitative estimate of drug-likeness (QED) is 0.667. The number of aliphatic hydroxyl groups is 2. The van der Waals surface area contributed by atoms with Gasteiger partial charge in [-0.15, -0.1) is 0 Å². The average Bonchev–Trinajstić information content (AvgIpc) is 3.09. The summed E-state index contributed by atoms with van der Waals surface area (Å²) in [7, 11) is -2.20. The molecule has 0 spiro atoms. The van der Waals surface area contributed by atoms with E-state index >= 15 is 0 Å². The predicted octanol–water partition coefficient (Wildman–Crippen LogP) is 0.761. The first-order valence-electron chi connectivity index (χ1n) is 8.60. The van der Waals surface area contributed by atoms with E-state index in [2.05, 4.69) is 48.9 Å². The summed E-state index contributed by atoms with van der Waals surface area (Å²) < 4.78 is 13.5. The number of aliphatic hydroxyl groups excluding tert-OH is 2. The molecule has 1 aliphatic heterocycles. The van der Waals surface area contributed by atoms with E-state index in [1.54, 1.807) is 0 Å². The molecule has 144 valence electrons. The number of rotatable bonds is 4. The van der Waals surface area contributed by atoms with Gasteiger partial charge < -0.3 is 24.4 Å². The fourth-order valence-corrected chi connectivity index (χ4v) is 4.12.